The lowest BCUT2D eigenvalue weighted by atomic mass is 10.2. The van der Waals surface area contributed by atoms with E-state index >= 15 is 0 Å². The third-order valence-electron chi connectivity index (χ3n) is 1.35. The molecule has 8 heavy (non-hydrogen) atoms. The van der Waals surface area contributed by atoms with Crippen LogP contribution in [-0.4, -0.2) is 12.3 Å². The second-order valence-electron chi connectivity index (χ2n) is 2.21. The van der Waals surface area contributed by atoms with Gasteiger partial charge >= 0.3 is 0 Å². The molecular weight excluding hydrogens is 100 g/mol. The summed E-state index contributed by atoms with van der Waals surface area (Å²) in [6.45, 7) is 3.12. The first-order valence-electron chi connectivity index (χ1n) is 3.15. The topological polar surface area (TPSA) is 24.4 Å². The SMILES string of the molecule is CC1=NNCCCC1. The van der Waals surface area contributed by atoms with Gasteiger partial charge in [-0.1, -0.05) is 0 Å². The first-order chi connectivity index (χ1) is 3.89. The molecule has 1 N–H and O–H groups in total. The van der Waals surface area contributed by atoms with Crippen molar-refractivity contribution in [3.05, 3.63) is 0 Å². The van der Waals surface area contributed by atoms with E-state index in [2.05, 4.69) is 17.5 Å². The number of nitrogens with one attached hydrogen (secondary N) is 1. The van der Waals surface area contributed by atoms with Gasteiger partial charge in [-0.3, -0.25) is 0 Å². The monoisotopic (exact) mass is 112 g/mol. The number of nitrogens with zero attached hydrogens (tertiary/aromatic N) is 1. The zero-order valence-electron chi connectivity index (χ0n) is 5.28. The van der Waals surface area contributed by atoms with Gasteiger partial charge in [0.2, 0.25) is 0 Å². The Morgan fingerprint density at radius 2 is 2.38 bits per heavy atom. The van der Waals surface area contributed by atoms with Gasteiger partial charge in [-0.25, -0.2) is 0 Å². The number of rotatable bonds is 0. The fourth-order valence-corrected chi connectivity index (χ4v) is 0.832. The third-order valence-corrected chi connectivity index (χ3v) is 1.35. The highest BCUT2D eigenvalue weighted by atomic mass is 15.3. The summed E-state index contributed by atoms with van der Waals surface area (Å²) >= 11 is 0. The van der Waals surface area contributed by atoms with Crippen LogP contribution >= 0.6 is 0 Å². The minimum absolute atomic E-state index is 1.05. The fourth-order valence-electron chi connectivity index (χ4n) is 0.832. The van der Waals surface area contributed by atoms with Gasteiger partial charge in [-0.05, 0) is 26.2 Å². The second-order valence-corrected chi connectivity index (χ2v) is 2.21. The maximum Gasteiger partial charge on any atom is 0.0347 e. The van der Waals surface area contributed by atoms with E-state index in [0.717, 1.165) is 6.54 Å². The molecule has 0 radical (unpaired) electrons. The molecule has 0 spiro atoms. The van der Waals surface area contributed by atoms with E-state index in [-0.39, 0.29) is 0 Å². The average Bonchev–Trinajstić information content (AvgIpc) is 1.94. The zero-order chi connectivity index (χ0) is 5.82. The number of hydrogen-bond acceptors (Lipinski definition) is 2. The van der Waals surface area contributed by atoms with E-state index in [1.807, 2.05) is 0 Å². The molecular formula is C6H12N2. The normalized spacial score (nSPS) is 20.9. The Hall–Kier alpha value is -0.530. The molecule has 0 aromatic rings. The molecule has 0 aromatic heterocycles. The molecule has 0 fully saturated rings. The Balaban J connectivity index is 2.36. The summed E-state index contributed by atoms with van der Waals surface area (Å²) in [4.78, 5) is 0. The van der Waals surface area contributed by atoms with E-state index in [0.29, 0.717) is 0 Å². The number of hydrazone groups is 1. The van der Waals surface area contributed by atoms with Gasteiger partial charge in [0.15, 0.2) is 0 Å². The molecule has 1 aliphatic heterocycles. The number of hydrogen-bond donors (Lipinski definition) is 1. The van der Waals surface area contributed by atoms with E-state index in [1.165, 1.54) is 25.0 Å². The Morgan fingerprint density at radius 1 is 1.50 bits per heavy atom. The molecule has 0 saturated heterocycles. The van der Waals surface area contributed by atoms with Crippen LogP contribution in [-0.2, 0) is 0 Å². The van der Waals surface area contributed by atoms with Crippen molar-refractivity contribution < 1.29 is 0 Å². The summed E-state index contributed by atoms with van der Waals surface area (Å²) in [5.41, 5.74) is 4.22. The van der Waals surface area contributed by atoms with E-state index in [9.17, 15) is 0 Å². The summed E-state index contributed by atoms with van der Waals surface area (Å²) in [5.74, 6) is 0. The summed E-state index contributed by atoms with van der Waals surface area (Å²) < 4.78 is 0. The van der Waals surface area contributed by atoms with Crippen LogP contribution in [0.25, 0.3) is 0 Å². The lowest BCUT2D eigenvalue weighted by molar-refractivity contribution is 0.686. The van der Waals surface area contributed by atoms with Crippen LogP contribution in [0.4, 0.5) is 0 Å². The van der Waals surface area contributed by atoms with Crippen LogP contribution in [0.2, 0.25) is 0 Å². The second kappa shape index (κ2) is 2.70. The molecule has 0 aromatic carbocycles. The van der Waals surface area contributed by atoms with E-state index in [1.54, 1.807) is 0 Å². The lowest BCUT2D eigenvalue weighted by Crippen LogP contribution is -2.05. The minimum atomic E-state index is 1.05. The van der Waals surface area contributed by atoms with Gasteiger partial charge in [0.25, 0.3) is 0 Å². The standard InChI is InChI=1S/C6H12N2/c1-6-4-2-3-5-7-8-6/h7H,2-5H2,1H3. The third kappa shape index (κ3) is 1.52. The van der Waals surface area contributed by atoms with Gasteiger partial charge in [0, 0.05) is 12.3 Å². The molecule has 0 aliphatic carbocycles. The van der Waals surface area contributed by atoms with Crippen LogP contribution in [0.3, 0.4) is 0 Å². The minimum Gasteiger partial charge on any atom is -0.310 e. The van der Waals surface area contributed by atoms with Crippen molar-refractivity contribution in [2.75, 3.05) is 6.54 Å². The smallest absolute Gasteiger partial charge is 0.0347 e. The maximum atomic E-state index is 4.09. The lowest BCUT2D eigenvalue weighted by Gasteiger charge is -1.90. The molecule has 1 heterocycles. The Labute approximate surface area is 50.0 Å². The first kappa shape index (κ1) is 5.60. The Kier molecular flexibility index (Phi) is 1.89. The predicted molar refractivity (Wildman–Crippen MR) is 35.0 cm³/mol. The Bertz CT molecular complexity index is 96.7. The van der Waals surface area contributed by atoms with Gasteiger partial charge in [0.1, 0.15) is 0 Å². The van der Waals surface area contributed by atoms with E-state index < -0.39 is 0 Å². The van der Waals surface area contributed by atoms with Crippen molar-refractivity contribution >= 4 is 5.71 Å². The Morgan fingerprint density at radius 3 is 3.25 bits per heavy atom. The summed E-state index contributed by atoms with van der Waals surface area (Å²) in [5, 5.41) is 4.09. The quantitative estimate of drug-likeness (QED) is 0.499. The first-order valence-corrected chi connectivity index (χ1v) is 3.15. The highest BCUT2D eigenvalue weighted by Gasteiger charge is 1.95. The highest BCUT2D eigenvalue weighted by Crippen LogP contribution is 1.99. The van der Waals surface area contributed by atoms with Crippen molar-refractivity contribution in [3.63, 3.8) is 0 Å². The van der Waals surface area contributed by atoms with Crippen LogP contribution < -0.4 is 5.43 Å². The fraction of sp³-hybridized carbons (Fsp3) is 0.833. The molecule has 46 valence electrons. The molecule has 0 atom stereocenters. The van der Waals surface area contributed by atoms with Crippen LogP contribution in [0.15, 0.2) is 5.10 Å². The summed E-state index contributed by atoms with van der Waals surface area (Å²) in [6, 6.07) is 0. The van der Waals surface area contributed by atoms with Crippen LogP contribution in [0.5, 0.6) is 0 Å². The van der Waals surface area contributed by atoms with Crippen molar-refractivity contribution in [1.29, 1.82) is 0 Å². The molecule has 0 unspecified atom stereocenters. The molecule has 0 amide bonds. The highest BCUT2D eigenvalue weighted by molar-refractivity contribution is 5.81. The van der Waals surface area contributed by atoms with Crippen LogP contribution in [0.1, 0.15) is 26.2 Å². The van der Waals surface area contributed by atoms with Gasteiger partial charge in [-0.2, -0.15) is 5.10 Å². The molecule has 0 bridgehead atoms. The van der Waals surface area contributed by atoms with Gasteiger partial charge in [-0.15, -0.1) is 0 Å². The molecule has 1 aliphatic rings. The molecule has 0 saturated carbocycles. The molecule has 2 nitrogen and oxygen atoms in total. The zero-order valence-corrected chi connectivity index (χ0v) is 5.28. The summed E-state index contributed by atoms with van der Waals surface area (Å²) in [6.07, 6.45) is 3.73. The average molecular weight is 112 g/mol. The predicted octanol–water partition coefficient (Wildman–Crippen LogP) is 1.14. The summed E-state index contributed by atoms with van der Waals surface area (Å²) in [7, 11) is 0. The van der Waals surface area contributed by atoms with Crippen LogP contribution in [0, 0.1) is 0 Å². The van der Waals surface area contributed by atoms with Crippen molar-refractivity contribution in [2.24, 2.45) is 5.10 Å². The van der Waals surface area contributed by atoms with Gasteiger partial charge < -0.3 is 5.43 Å². The largest absolute Gasteiger partial charge is 0.310 e. The van der Waals surface area contributed by atoms with Crippen molar-refractivity contribution in [3.8, 4) is 0 Å². The molecule has 2 heteroatoms. The van der Waals surface area contributed by atoms with E-state index in [4.69, 9.17) is 0 Å². The molecule has 1 rings (SSSR count). The van der Waals surface area contributed by atoms with Gasteiger partial charge in [0.05, 0.1) is 0 Å². The maximum absolute atomic E-state index is 4.09. The van der Waals surface area contributed by atoms with Crippen molar-refractivity contribution in [2.45, 2.75) is 26.2 Å². The van der Waals surface area contributed by atoms with Crippen molar-refractivity contribution in [1.82, 2.24) is 5.43 Å².